The van der Waals surface area contributed by atoms with Crippen molar-refractivity contribution in [2.75, 3.05) is 56.6 Å². The van der Waals surface area contributed by atoms with E-state index in [1.165, 1.54) is 24.3 Å². The van der Waals surface area contributed by atoms with Gasteiger partial charge >= 0.3 is 16.1 Å². The predicted octanol–water partition coefficient (Wildman–Crippen LogP) is 1.58. The van der Waals surface area contributed by atoms with Crippen LogP contribution in [0.4, 0.5) is 16.4 Å². The highest BCUT2D eigenvalue weighted by Crippen LogP contribution is 2.24. The molecule has 1 aliphatic rings. The molecular formula is C23H30N6O6S. The molecule has 1 fully saturated rings. The summed E-state index contributed by atoms with van der Waals surface area (Å²) in [7, 11) is -4.07. The minimum atomic E-state index is -4.07. The molecule has 194 valence electrons. The highest BCUT2D eigenvalue weighted by atomic mass is 32.2. The number of fused-ring (bicyclic) bond motifs is 1. The van der Waals surface area contributed by atoms with Crippen molar-refractivity contribution in [2.45, 2.75) is 17.9 Å². The van der Waals surface area contributed by atoms with Crippen LogP contribution in [0.2, 0.25) is 0 Å². The van der Waals surface area contributed by atoms with Crippen LogP contribution in [0.25, 0.3) is 11.0 Å². The molecule has 0 aliphatic carbocycles. The van der Waals surface area contributed by atoms with Crippen LogP contribution in [0.3, 0.4) is 0 Å². The van der Waals surface area contributed by atoms with Gasteiger partial charge in [0.15, 0.2) is 0 Å². The van der Waals surface area contributed by atoms with E-state index in [-0.39, 0.29) is 29.2 Å². The van der Waals surface area contributed by atoms with E-state index in [9.17, 15) is 13.2 Å². The summed E-state index contributed by atoms with van der Waals surface area (Å²) in [4.78, 5) is 21.7. The lowest BCUT2D eigenvalue weighted by Crippen LogP contribution is -2.42. The summed E-state index contributed by atoms with van der Waals surface area (Å²) in [5.74, 6) is 0.320. The summed E-state index contributed by atoms with van der Waals surface area (Å²) in [5.41, 5.74) is 1.72. The molecule has 1 atom stereocenters. The van der Waals surface area contributed by atoms with Gasteiger partial charge in [0.1, 0.15) is 10.6 Å². The van der Waals surface area contributed by atoms with E-state index in [0.717, 1.165) is 19.6 Å². The minimum Gasteiger partial charge on any atom is -0.394 e. The van der Waals surface area contributed by atoms with Gasteiger partial charge in [-0.15, -0.1) is 0 Å². The number of amides is 2. The topological polar surface area (TPSA) is 158 Å². The molecule has 36 heavy (non-hydrogen) atoms. The number of hydrogen-bond donors (Lipinski definition) is 5. The molecule has 2 aromatic carbocycles. The van der Waals surface area contributed by atoms with Crippen LogP contribution in [0.15, 0.2) is 47.4 Å². The van der Waals surface area contributed by atoms with Gasteiger partial charge in [-0.3, -0.25) is 10.2 Å². The van der Waals surface area contributed by atoms with Gasteiger partial charge in [0.05, 0.1) is 30.9 Å². The average Bonchev–Trinajstić information content (AvgIpc) is 3.26. The molecular weight excluding hydrogens is 488 g/mol. The normalized spacial score (nSPS) is 15.4. The number of carbonyl (C=O) groups excluding carboxylic acids is 1. The zero-order valence-corrected chi connectivity index (χ0v) is 20.7. The molecule has 1 saturated heterocycles. The summed E-state index contributed by atoms with van der Waals surface area (Å²) in [6.07, 6.45) is 0. The van der Waals surface area contributed by atoms with E-state index in [1.54, 1.807) is 25.1 Å². The molecule has 1 aromatic heterocycles. The Balaban J connectivity index is 1.34. The van der Waals surface area contributed by atoms with Gasteiger partial charge in [-0.25, -0.2) is 9.78 Å². The van der Waals surface area contributed by atoms with E-state index >= 15 is 0 Å². The molecule has 5 N–H and O–H groups in total. The summed E-state index contributed by atoms with van der Waals surface area (Å²) < 4.78 is 36.0. The summed E-state index contributed by atoms with van der Waals surface area (Å²) in [6, 6.07) is 10.1. The number of nitrogens with zero attached hydrogens (tertiary/aromatic N) is 2. The van der Waals surface area contributed by atoms with Gasteiger partial charge in [0.2, 0.25) is 5.95 Å². The first-order valence-corrected chi connectivity index (χ1v) is 13.0. The van der Waals surface area contributed by atoms with E-state index in [2.05, 4.69) is 30.8 Å². The zero-order valence-electron chi connectivity index (χ0n) is 19.9. The zero-order chi connectivity index (χ0) is 25.5. The van der Waals surface area contributed by atoms with E-state index in [0.29, 0.717) is 36.5 Å². The van der Waals surface area contributed by atoms with Crippen LogP contribution in [0, 0.1) is 0 Å². The largest absolute Gasteiger partial charge is 0.394 e. The second-order valence-electron chi connectivity index (χ2n) is 8.39. The Morgan fingerprint density at radius 2 is 1.97 bits per heavy atom. The second-order valence-corrected chi connectivity index (χ2v) is 9.94. The highest BCUT2D eigenvalue weighted by molar-refractivity contribution is 7.87. The quantitative estimate of drug-likeness (QED) is 0.251. The molecule has 4 rings (SSSR count). The maximum absolute atomic E-state index is 12.7. The average molecular weight is 519 g/mol. The molecule has 1 unspecified atom stereocenters. The van der Waals surface area contributed by atoms with E-state index < -0.39 is 16.1 Å². The molecule has 2 amide bonds. The van der Waals surface area contributed by atoms with Gasteiger partial charge in [-0.05, 0) is 43.3 Å². The van der Waals surface area contributed by atoms with Gasteiger partial charge in [-0.1, -0.05) is 0 Å². The SMILES string of the molecule is CC(CO)Nc1ccc(S(=O)(=O)Oc2ccc3[nH]c(NC(=O)NCCN4CCOCC4)nc3c2)cc1. The monoisotopic (exact) mass is 518 g/mol. The fraction of sp³-hybridized carbons (Fsp3) is 0.391. The molecule has 12 nitrogen and oxygen atoms in total. The van der Waals surface area contributed by atoms with Gasteiger partial charge in [0.25, 0.3) is 0 Å². The van der Waals surface area contributed by atoms with Crippen LogP contribution in [-0.2, 0) is 14.9 Å². The fourth-order valence-electron chi connectivity index (χ4n) is 3.62. The van der Waals surface area contributed by atoms with Crippen LogP contribution >= 0.6 is 0 Å². The number of H-pyrrole nitrogens is 1. The Labute approximate surface area is 209 Å². The fourth-order valence-corrected chi connectivity index (χ4v) is 4.55. The van der Waals surface area contributed by atoms with Crippen molar-refractivity contribution in [2.24, 2.45) is 0 Å². The number of aromatic amines is 1. The lowest BCUT2D eigenvalue weighted by molar-refractivity contribution is 0.0388. The number of rotatable bonds is 10. The summed E-state index contributed by atoms with van der Waals surface area (Å²) in [6.45, 7) is 6.07. The lowest BCUT2D eigenvalue weighted by atomic mass is 10.3. The Morgan fingerprint density at radius 3 is 2.69 bits per heavy atom. The first kappa shape index (κ1) is 25.7. The first-order chi connectivity index (χ1) is 17.3. The number of aliphatic hydroxyl groups excluding tert-OH is 1. The highest BCUT2D eigenvalue weighted by Gasteiger charge is 2.18. The Bertz CT molecular complexity index is 1270. The summed E-state index contributed by atoms with van der Waals surface area (Å²) in [5, 5.41) is 17.6. The smallest absolute Gasteiger partial charge is 0.339 e. The maximum Gasteiger partial charge on any atom is 0.339 e. The van der Waals surface area contributed by atoms with Crippen LogP contribution < -0.4 is 20.1 Å². The number of benzene rings is 2. The van der Waals surface area contributed by atoms with Crippen molar-refractivity contribution in [1.82, 2.24) is 20.2 Å². The number of hydrogen-bond acceptors (Lipinski definition) is 9. The number of anilines is 2. The predicted molar refractivity (Wildman–Crippen MR) is 135 cm³/mol. The molecule has 13 heteroatoms. The number of carbonyl (C=O) groups is 1. The van der Waals surface area contributed by atoms with Gasteiger partial charge in [0, 0.05) is 44.0 Å². The number of aromatic nitrogens is 2. The third-order valence-electron chi connectivity index (χ3n) is 5.54. The van der Waals surface area contributed by atoms with Crippen LogP contribution in [-0.4, -0.2) is 86.5 Å². The Kier molecular flexibility index (Phi) is 8.25. The Hall–Kier alpha value is -3.39. The van der Waals surface area contributed by atoms with Crippen molar-refractivity contribution in [3.8, 4) is 5.75 Å². The first-order valence-electron chi connectivity index (χ1n) is 11.6. The number of morpholine rings is 1. The maximum atomic E-state index is 12.7. The minimum absolute atomic E-state index is 0.0112. The van der Waals surface area contributed by atoms with Crippen molar-refractivity contribution < 1.29 is 27.2 Å². The number of imidazole rings is 1. The number of nitrogens with one attached hydrogen (secondary N) is 4. The molecule has 0 radical (unpaired) electrons. The molecule has 3 aromatic rings. The van der Waals surface area contributed by atoms with E-state index in [1.807, 2.05) is 0 Å². The molecule has 0 bridgehead atoms. The molecule has 2 heterocycles. The standard InChI is InChI=1S/C23H30N6O6S/c1-16(15-30)25-17-2-5-19(6-3-17)36(32,33)35-18-4-7-20-21(14-18)27-22(26-20)28-23(31)24-8-9-29-10-12-34-13-11-29/h2-7,14,16,25,30H,8-13,15H2,1H3,(H3,24,26,27,28,31). The second kappa shape index (κ2) is 11.6. The van der Waals surface area contributed by atoms with Gasteiger partial charge < -0.3 is 29.6 Å². The number of urea groups is 1. The molecule has 0 saturated carbocycles. The third-order valence-corrected chi connectivity index (χ3v) is 6.80. The Morgan fingerprint density at radius 1 is 1.22 bits per heavy atom. The summed E-state index contributed by atoms with van der Waals surface area (Å²) >= 11 is 0. The van der Waals surface area contributed by atoms with Crippen molar-refractivity contribution in [1.29, 1.82) is 0 Å². The van der Waals surface area contributed by atoms with Crippen molar-refractivity contribution in [3.05, 3.63) is 42.5 Å². The van der Waals surface area contributed by atoms with Gasteiger partial charge in [-0.2, -0.15) is 8.42 Å². The molecule has 1 aliphatic heterocycles. The van der Waals surface area contributed by atoms with Crippen LogP contribution in [0.1, 0.15) is 6.92 Å². The number of ether oxygens (including phenoxy) is 1. The van der Waals surface area contributed by atoms with Crippen molar-refractivity contribution in [3.63, 3.8) is 0 Å². The third kappa shape index (κ3) is 6.85. The van der Waals surface area contributed by atoms with E-state index in [4.69, 9.17) is 14.0 Å². The molecule has 0 spiro atoms. The van der Waals surface area contributed by atoms with Crippen molar-refractivity contribution >= 4 is 38.8 Å². The lowest BCUT2D eigenvalue weighted by Gasteiger charge is -2.26. The van der Waals surface area contributed by atoms with Crippen LogP contribution in [0.5, 0.6) is 5.75 Å². The number of aliphatic hydroxyl groups is 1.